The minimum Gasteiger partial charge on any atom is -0.387 e. The third-order valence-corrected chi connectivity index (χ3v) is 4.13. The van der Waals surface area contributed by atoms with Crippen molar-refractivity contribution in [1.29, 1.82) is 0 Å². The highest BCUT2D eigenvalue weighted by Gasteiger charge is 2.11. The van der Waals surface area contributed by atoms with E-state index in [2.05, 4.69) is 5.32 Å². The zero-order valence-corrected chi connectivity index (χ0v) is 12.9. The van der Waals surface area contributed by atoms with Gasteiger partial charge in [0.2, 0.25) is 0 Å². The summed E-state index contributed by atoms with van der Waals surface area (Å²) < 4.78 is 21.8. The van der Waals surface area contributed by atoms with Crippen molar-refractivity contribution < 1.29 is 13.5 Å². The molecule has 1 unspecified atom stereocenters. The third kappa shape index (κ3) is 6.58. The Morgan fingerprint density at radius 2 is 2.05 bits per heavy atom. The molecule has 1 rings (SSSR count). The number of nitrogens with one attached hydrogen (secondary N) is 1. The van der Waals surface area contributed by atoms with Crippen LogP contribution in [0.5, 0.6) is 0 Å². The van der Waals surface area contributed by atoms with Crippen LogP contribution in [0.1, 0.15) is 18.1 Å². The number of benzene rings is 1. The second-order valence-electron chi connectivity index (χ2n) is 4.37. The SMILES string of the molecule is CS(=O)(=O)CCCNCC(O)c1cc(Cl)ccc1Cl. The molecule has 1 atom stereocenters. The molecule has 0 aliphatic rings. The predicted octanol–water partition coefficient (Wildman–Crippen LogP) is 2.05. The van der Waals surface area contributed by atoms with Gasteiger partial charge in [-0.1, -0.05) is 23.2 Å². The molecule has 0 aliphatic carbocycles. The van der Waals surface area contributed by atoms with Crippen LogP contribution in [-0.4, -0.2) is 38.6 Å². The summed E-state index contributed by atoms with van der Waals surface area (Å²) in [6.07, 6.45) is 0.937. The molecule has 0 spiro atoms. The molecule has 0 saturated carbocycles. The van der Waals surface area contributed by atoms with E-state index in [0.29, 0.717) is 35.1 Å². The molecule has 2 N–H and O–H groups in total. The summed E-state index contributed by atoms with van der Waals surface area (Å²) in [6.45, 7) is 0.812. The van der Waals surface area contributed by atoms with Crippen molar-refractivity contribution in [2.75, 3.05) is 25.1 Å². The Labute approximate surface area is 123 Å². The van der Waals surface area contributed by atoms with Gasteiger partial charge in [-0.05, 0) is 31.2 Å². The molecule has 4 nitrogen and oxygen atoms in total. The maximum absolute atomic E-state index is 10.9. The number of hydrogen-bond donors (Lipinski definition) is 2. The number of aliphatic hydroxyl groups is 1. The molecule has 0 aliphatic heterocycles. The molecule has 0 bridgehead atoms. The summed E-state index contributed by atoms with van der Waals surface area (Å²) in [4.78, 5) is 0. The van der Waals surface area contributed by atoms with Crippen LogP contribution in [0.4, 0.5) is 0 Å². The van der Waals surface area contributed by atoms with Gasteiger partial charge in [0.25, 0.3) is 0 Å². The smallest absolute Gasteiger partial charge is 0.147 e. The number of sulfone groups is 1. The van der Waals surface area contributed by atoms with E-state index >= 15 is 0 Å². The summed E-state index contributed by atoms with van der Waals surface area (Å²) in [5, 5.41) is 13.9. The highest BCUT2D eigenvalue weighted by molar-refractivity contribution is 7.90. The van der Waals surface area contributed by atoms with Gasteiger partial charge in [-0.3, -0.25) is 0 Å². The lowest BCUT2D eigenvalue weighted by molar-refractivity contribution is 0.175. The fourth-order valence-corrected chi connectivity index (χ4v) is 2.67. The van der Waals surface area contributed by atoms with Crippen LogP contribution in [0, 0.1) is 0 Å². The van der Waals surface area contributed by atoms with Crippen molar-refractivity contribution >= 4 is 33.0 Å². The largest absolute Gasteiger partial charge is 0.387 e. The van der Waals surface area contributed by atoms with Gasteiger partial charge in [0.1, 0.15) is 9.84 Å². The maximum atomic E-state index is 10.9. The first-order valence-electron chi connectivity index (χ1n) is 5.81. The Bertz CT molecular complexity index is 520. The molecule has 0 aromatic heterocycles. The van der Waals surface area contributed by atoms with E-state index in [1.54, 1.807) is 18.2 Å². The standard InChI is InChI=1S/C12H17Cl2NO3S/c1-19(17,18)6-2-5-15-8-12(16)10-7-9(13)3-4-11(10)14/h3-4,7,12,15-16H,2,5-6,8H2,1H3. The minimum atomic E-state index is -2.93. The minimum absolute atomic E-state index is 0.133. The summed E-state index contributed by atoms with van der Waals surface area (Å²) >= 11 is 11.8. The predicted molar refractivity (Wildman–Crippen MR) is 78.6 cm³/mol. The molecule has 0 amide bonds. The van der Waals surface area contributed by atoms with E-state index in [1.165, 1.54) is 6.26 Å². The van der Waals surface area contributed by atoms with Crippen molar-refractivity contribution in [2.45, 2.75) is 12.5 Å². The third-order valence-electron chi connectivity index (χ3n) is 2.52. The van der Waals surface area contributed by atoms with E-state index < -0.39 is 15.9 Å². The van der Waals surface area contributed by atoms with Crippen molar-refractivity contribution in [2.24, 2.45) is 0 Å². The van der Waals surface area contributed by atoms with Crippen LogP contribution >= 0.6 is 23.2 Å². The molecular weight excluding hydrogens is 309 g/mol. The first kappa shape index (κ1) is 16.7. The molecule has 1 aromatic rings. The van der Waals surface area contributed by atoms with Crippen LogP contribution < -0.4 is 5.32 Å². The molecule has 0 fully saturated rings. The van der Waals surface area contributed by atoms with Gasteiger partial charge in [0.05, 0.1) is 11.9 Å². The Kier molecular flexibility index (Phi) is 6.56. The number of rotatable bonds is 7. The van der Waals surface area contributed by atoms with E-state index in [0.717, 1.165) is 0 Å². The lowest BCUT2D eigenvalue weighted by Crippen LogP contribution is -2.24. The fraction of sp³-hybridized carbons (Fsp3) is 0.500. The quantitative estimate of drug-likeness (QED) is 0.753. The number of aliphatic hydroxyl groups excluding tert-OH is 1. The molecular formula is C12H17Cl2NO3S. The number of hydrogen-bond acceptors (Lipinski definition) is 4. The molecule has 108 valence electrons. The Balaban J connectivity index is 2.39. The first-order valence-corrected chi connectivity index (χ1v) is 8.62. The number of halogens is 2. The van der Waals surface area contributed by atoms with Gasteiger partial charge < -0.3 is 10.4 Å². The van der Waals surface area contributed by atoms with E-state index in [4.69, 9.17) is 23.2 Å². The van der Waals surface area contributed by atoms with Crippen molar-refractivity contribution in [1.82, 2.24) is 5.32 Å². The summed E-state index contributed by atoms with van der Waals surface area (Å²) in [7, 11) is -2.93. The zero-order valence-electron chi connectivity index (χ0n) is 10.6. The van der Waals surface area contributed by atoms with Gasteiger partial charge in [0, 0.05) is 28.4 Å². The van der Waals surface area contributed by atoms with Gasteiger partial charge in [-0.25, -0.2) is 8.42 Å². The van der Waals surface area contributed by atoms with Crippen molar-refractivity contribution in [3.05, 3.63) is 33.8 Å². The van der Waals surface area contributed by atoms with E-state index in [9.17, 15) is 13.5 Å². The lowest BCUT2D eigenvalue weighted by Gasteiger charge is -2.14. The van der Waals surface area contributed by atoms with Gasteiger partial charge in [0.15, 0.2) is 0 Å². The monoisotopic (exact) mass is 325 g/mol. The van der Waals surface area contributed by atoms with Crippen LogP contribution in [0.25, 0.3) is 0 Å². The first-order chi connectivity index (χ1) is 8.79. The highest BCUT2D eigenvalue weighted by Crippen LogP contribution is 2.25. The topological polar surface area (TPSA) is 66.4 Å². The molecule has 19 heavy (non-hydrogen) atoms. The summed E-state index contributed by atoms with van der Waals surface area (Å²) in [5.41, 5.74) is 0.560. The van der Waals surface area contributed by atoms with Crippen molar-refractivity contribution in [3.63, 3.8) is 0 Å². The normalized spacial score (nSPS) is 13.5. The van der Waals surface area contributed by atoms with Gasteiger partial charge in [-0.15, -0.1) is 0 Å². The highest BCUT2D eigenvalue weighted by atomic mass is 35.5. The Hall–Kier alpha value is -0.330. The molecule has 0 radical (unpaired) electrons. The summed E-state index contributed by atoms with van der Waals surface area (Å²) in [6, 6.07) is 4.90. The van der Waals surface area contributed by atoms with Crippen molar-refractivity contribution in [3.8, 4) is 0 Å². The van der Waals surface area contributed by atoms with Crippen LogP contribution in [0.15, 0.2) is 18.2 Å². The average molecular weight is 326 g/mol. The van der Waals surface area contributed by atoms with Crippen LogP contribution in [0.2, 0.25) is 10.0 Å². The van der Waals surface area contributed by atoms with Crippen LogP contribution in [0.3, 0.4) is 0 Å². The van der Waals surface area contributed by atoms with Gasteiger partial charge in [-0.2, -0.15) is 0 Å². The van der Waals surface area contributed by atoms with Crippen LogP contribution in [-0.2, 0) is 9.84 Å². The van der Waals surface area contributed by atoms with E-state index in [1.807, 2.05) is 0 Å². The molecule has 1 aromatic carbocycles. The lowest BCUT2D eigenvalue weighted by atomic mass is 10.1. The maximum Gasteiger partial charge on any atom is 0.147 e. The summed E-state index contributed by atoms with van der Waals surface area (Å²) in [5.74, 6) is 0.133. The second kappa shape index (κ2) is 7.45. The van der Waals surface area contributed by atoms with Gasteiger partial charge >= 0.3 is 0 Å². The fourth-order valence-electron chi connectivity index (χ4n) is 1.58. The zero-order chi connectivity index (χ0) is 14.5. The molecule has 0 saturated heterocycles. The Morgan fingerprint density at radius 3 is 2.68 bits per heavy atom. The average Bonchev–Trinajstić information content (AvgIpc) is 2.30. The molecule has 7 heteroatoms. The second-order valence-corrected chi connectivity index (χ2v) is 7.47. The Morgan fingerprint density at radius 1 is 1.37 bits per heavy atom. The molecule has 0 heterocycles. The van der Waals surface area contributed by atoms with E-state index in [-0.39, 0.29) is 5.75 Å².